The number of carbonyl (C=O) groups is 1. The van der Waals surface area contributed by atoms with Crippen LogP contribution in [-0.4, -0.2) is 16.0 Å². The standard InChI is InChI=1S/C19H18FN3O2/c1-13(14-5-3-2-4-6-14)21-17(24)11-12-18-22-19(23-25-18)15-7-9-16(20)10-8-15/h2-10,13H,11-12H2,1H3,(H,21,24). The third-order valence-corrected chi connectivity index (χ3v) is 3.81. The molecule has 1 atom stereocenters. The van der Waals surface area contributed by atoms with Gasteiger partial charge in [0, 0.05) is 18.4 Å². The van der Waals surface area contributed by atoms with Gasteiger partial charge in [0.15, 0.2) is 0 Å². The van der Waals surface area contributed by atoms with Gasteiger partial charge in [-0.25, -0.2) is 4.39 Å². The lowest BCUT2D eigenvalue weighted by molar-refractivity contribution is -0.121. The van der Waals surface area contributed by atoms with Crippen molar-refractivity contribution in [3.05, 3.63) is 71.9 Å². The highest BCUT2D eigenvalue weighted by Gasteiger charge is 2.13. The number of amides is 1. The Morgan fingerprint density at radius 1 is 1.16 bits per heavy atom. The molecule has 3 aromatic rings. The largest absolute Gasteiger partial charge is 0.350 e. The second kappa shape index (κ2) is 7.70. The summed E-state index contributed by atoms with van der Waals surface area (Å²) in [5.41, 5.74) is 1.71. The average molecular weight is 339 g/mol. The van der Waals surface area contributed by atoms with Crippen LogP contribution in [0.25, 0.3) is 11.4 Å². The Labute approximate surface area is 144 Å². The molecule has 1 heterocycles. The Balaban J connectivity index is 1.53. The minimum atomic E-state index is -0.323. The molecule has 0 saturated heterocycles. The minimum Gasteiger partial charge on any atom is -0.350 e. The molecule has 0 spiro atoms. The lowest BCUT2D eigenvalue weighted by Crippen LogP contribution is -2.26. The molecule has 1 N–H and O–H groups in total. The number of aromatic nitrogens is 2. The summed E-state index contributed by atoms with van der Waals surface area (Å²) < 4.78 is 18.1. The number of nitrogens with one attached hydrogen (secondary N) is 1. The highest BCUT2D eigenvalue weighted by molar-refractivity contribution is 5.76. The number of hydrogen-bond acceptors (Lipinski definition) is 4. The second-order valence-electron chi connectivity index (χ2n) is 5.72. The summed E-state index contributed by atoms with van der Waals surface area (Å²) >= 11 is 0. The normalized spacial score (nSPS) is 11.9. The molecule has 0 bridgehead atoms. The zero-order chi connectivity index (χ0) is 17.6. The smallest absolute Gasteiger partial charge is 0.227 e. The van der Waals surface area contributed by atoms with Gasteiger partial charge in [-0.1, -0.05) is 35.5 Å². The van der Waals surface area contributed by atoms with Crippen molar-refractivity contribution in [2.24, 2.45) is 0 Å². The molecular formula is C19H18FN3O2. The zero-order valence-corrected chi connectivity index (χ0v) is 13.8. The van der Waals surface area contributed by atoms with Gasteiger partial charge in [0.2, 0.25) is 17.6 Å². The maximum Gasteiger partial charge on any atom is 0.227 e. The molecule has 0 aliphatic heterocycles. The van der Waals surface area contributed by atoms with Crippen LogP contribution in [0.4, 0.5) is 4.39 Å². The van der Waals surface area contributed by atoms with E-state index in [4.69, 9.17) is 4.52 Å². The predicted molar refractivity (Wildman–Crippen MR) is 91.0 cm³/mol. The summed E-state index contributed by atoms with van der Waals surface area (Å²) in [6, 6.07) is 15.5. The Kier molecular flexibility index (Phi) is 5.18. The van der Waals surface area contributed by atoms with E-state index in [0.29, 0.717) is 23.7 Å². The number of aryl methyl sites for hydroxylation is 1. The van der Waals surface area contributed by atoms with Crippen molar-refractivity contribution in [1.82, 2.24) is 15.5 Å². The fraction of sp³-hybridized carbons (Fsp3) is 0.211. The molecule has 25 heavy (non-hydrogen) atoms. The van der Waals surface area contributed by atoms with Crippen LogP contribution in [0.1, 0.15) is 30.8 Å². The number of halogens is 1. The fourth-order valence-electron chi connectivity index (χ4n) is 2.43. The van der Waals surface area contributed by atoms with Crippen molar-refractivity contribution in [1.29, 1.82) is 0 Å². The Morgan fingerprint density at radius 3 is 2.60 bits per heavy atom. The van der Waals surface area contributed by atoms with Crippen molar-refractivity contribution in [3.8, 4) is 11.4 Å². The summed E-state index contributed by atoms with van der Waals surface area (Å²) in [5.74, 6) is 0.351. The summed E-state index contributed by atoms with van der Waals surface area (Å²) in [5, 5.41) is 6.80. The van der Waals surface area contributed by atoms with Gasteiger partial charge in [0.25, 0.3) is 0 Å². The van der Waals surface area contributed by atoms with E-state index >= 15 is 0 Å². The first-order valence-electron chi connectivity index (χ1n) is 8.04. The Hall–Kier alpha value is -3.02. The molecule has 6 heteroatoms. The number of benzene rings is 2. The molecule has 0 aliphatic rings. The maximum absolute atomic E-state index is 12.9. The van der Waals surface area contributed by atoms with Crippen LogP contribution >= 0.6 is 0 Å². The van der Waals surface area contributed by atoms with Crippen molar-refractivity contribution in [3.63, 3.8) is 0 Å². The van der Waals surface area contributed by atoms with Crippen LogP contribution in [0.3, 0.4) is 0 Å². The van der Waals surface area contributed by atoms with Crippen LogP contribution in [-0.2, 0) is 11.2 Å². The first kappa shape index (κ1) is 16.8. The molecule has 0 aliphatic carbocycles. The molecule has 2 aromatic carbocycles. The van der Waals surface area contributed by atoms with E-state index < -0.39 is 0 Å². The van der Waals surface area contributed by atoms with Gasteiger partial charge >= 0.3 is 0 Å². The van der Waals surface area contributed by atoms with E-state index in [9.17, 15) is 9.18 Å². The third kappa shape index (κ3) is 4.50. The molecule has 0 fully saturated rings. The van der Waals surface area contributed by atoms with Gasteiger partial charge in [-0.2, -0.15) is 4.98 Å². The minimum absolute atomic E-state index is 0.0637. The summed E-state index contributed by atoms with van der Waals surface area (Å²) in [6.07, 6.45) is 0.601. The molecule has 1 amide bonds. The van der Waals surface area contributed by atoms with Crippen LogP contribution in [0.2, 0.25) is 0 Å². The van der Waals surface area contributed by atoms with Crippen LogP contribution in [0, 0.1) is 5.82 Å². The monoisotopic (exact) mass is 339 g/mol. The lowest BCUT2D eigenvalue weighted by Gasteiger charge is -2.13. The Bertz CT molecular complexity index is 831. The van der Waals surface area contributed by atoms with Crippen molar-refractivity contribution < 1.29 is 13.7 Å². The number of nitrogens with zero attached hydrogens (tertiary/aromatic N) is 2. The quantitative estimate of drug-likeness (QED) is 0.744. The molecule has 128 valence electrons. The first-order valence-corrected chi connectivity index (χ1v) is 8.04. The topological polar surface area (TPSA) is 68.0 Å². The summed E-state index contributed by atoms with van der Waals surface area (Å²) in [4.78, 5) is 16.3. The fourth-order valence-corrected chi connectivity index (χ4v) is 2.43. The van der Waals surface area contributed by atoms with Gasteiger partial charge in [-0.3, -0.25) is 4.79 Å². The molecule has 1 aromatic heterocycles. The Morgan fingerprint density at radius 2 is 1.88 bits per heavy atom. The highest BCUT2D eigenvalue weighted by atomic mass is 19.1. The van der Waals surface area contributed by atoms with Crippen molar-refractivity contribution in [2.75, 3.05) is 0 Å². The van der Waals surface area contributed by atoms with Crippen LogP contribution in [0.5, 0.6) is 0 Å². The number of carbonyl (C=O) groups excluding carboxylic acids is 1. The molecule has 0 radical (unpaired) electrons. The third-order valence-electron chi connectivity index (χ3n) is 3.81. The van der Waals surface area contributed by atoms with Gasteiger partial charge in [-0.15, -0.1) is 0 Å². The maximum atomic E-state index is 12.9. The van der Waals surface area contributed by atoms with Crippen LogP contribution < -0.4 is 5.32 Å². The zero-order valence-electron chi connectivity index (χ0n) is 13.8. The lowest BCUT2D eigenvalue weighted by atomic mass is 10.1. The predicted octanol–water partition coefficient (Wildman–Crippen LogP) is 3.69. The molecule has 1 unspecified atom stereocenters. The van der Waals surface area contributed by atoms with E-state index in [-0.39, 0.29) is 24.2 Å². The average Bonchev–Trinajstić information content (AvgIpc) is 3.10. The van der Waals surface area contributed by atoms with Gasteiger partial charge in [-0.05, 0) is 36.8 Å². The van der Waals surface area contributed by atoms with E-state index in [1.54, 1.807) is 12.1 Å². The van der Waals surface area contributed by atoms with Gasteiger partial charge < -0.3 is 9.84 Å². The van der Waals surface area contributed by atoms with Crippen LogP contribution in [0.15, 0.2) is 59.1 Å². The molecule has 5 nitrogen and oxygen atoms in total. The summed E-state index contributed by atoms with van der Waals surface area (Å²) in [7, 11) is 0. The number of hydrogen-bond donors (Lipinski definition) is 1. The van der Waals surface area contributed by atoms with Gasteiger partial charge in [0.1, 0.15) is 5.82 Å². The van der Waals surface area contributed by atoms with E-state index in [0.717, 1.165) is 5.56 Å². The molecule has 0 saturated carbocycles. The van der Waals surface area contributed by atoms with Crippen molar-refractivity contribution >= 4 is 5.91 Å². The van der Waals surface area contributed by atoms with Gasteiger partial charge in [0.05, 0.1) is 6.04 Å². The van der Waals surface area contributed by atoms with Crippen molar-refractivity contribution in [2.45, 2.75) is 25.8 Å². The summed E-state index contributed by atoms with van der Waals surface area (Å²) in [6.45, 7) is 1.94. The SMILES string of the molecule is CC(NC(=O)CCc1nc(-c2ccc(F)cc2)no1)c1ccccc1. The van der Waals surface area contributed by atoms with E-state index in [1.807, 2.05) is 37.3 Å². The molecular weight excluding hydrogens is 321 g/mol. The van der Waals surface area contributed by atoms with E-state index in [1.165, 1.54) is 12.1 Å². The van der Waals surface area contributed by atoms with E-state index in [2.05, 4.69) is 15.5 Å². The second-order valence-corrected chi connectivity index (χ2v) is 5.72. The molecule has 3 rings (SSSR count). The first-order chi connectivity index (χ1) is 12.1. The number of rotatable bonds is 6. The highest BCUT2D eigenvalue weighted by Crippen LogP contribution is 2.17.